The van der Waals surface area contributed by atoms with Gasteiger partial charge < -0.3 is 4.42 Å². The summed E-state index contributed by atoms with van der Waals surface area (Å²) in [5.74, 6) is 0.255. The number of alkyl halides is 1. The predicted octanol–water partition coefficient (Wildman–Crippen LogP) is 2.60. The number of furan rings is 1. The third kappa shape index (κ3) is 2.20. The lowest BCUT2D eigenvalue weighted by molar-refractivity contribution is -0.402. The van der Waals surface area contributed by atoms with E-state index in [1.54, 1.807) is 18.2 Å². The molecular weight excluding hydrogens is 226 g/mol. The van der Waals surface area contributed by atoms with Crippen LogP contribution in [0.2, 0.25) is 0 Å². The predicted molar refractivity (Wildman–Crippen MR) is 48.2 cm³/mol. The summed E-state index contributed by atoms with van der Waals surface area (Å²) in [6, 6.07) is 2.88. The van der Waals surface area contributed by atoms with Crippen molar-refractivity contribution >= 4 is 27.9 Å². The van der Waals surface area contributed by atoms with E-state index >= 15 is 0 Å². The smallest absolute Gasteiger partial charge is 0.401 e. The van der Waals surface area contributed by atoms with E-state index in [2.05, 4.69) is 15.9 Å². The lowest BCUT2D eigenvalue weighted by atomic mass is 10.4. The zero-order valence-corrected chi connectivity index (χ0v) is 7.65. The van der Waals surface area contributed by atoms with Crippen molar-refractivity contribution in [3.05, 3.63) is 34.1 Å². The molecule has 12 heavy (non-hydrogen) atoms. The van der Waals surface area contributed by atoms with Crippen molar-refractivity contribution in [3.63, 3.8) is 0 Å². The molecule has 5 heteroatoms. The van der Waals surface area contributed by atoms with Crippen molar-refractivity contribution in [1.29, 1.82) is 0 Å². The van der Waals surface area contributed by atoms with Crippen LogP contribution in [0, 0.1) is 10.1 Å². The molecule has 0 aromatic carbocycles. The largest absolute Gasteiger partial charge is 0.433 e. The van der Waals surface area contributed by atoms with E-state index in [1.807, 2.05) is 0 Å². The highest BCUT2D eigenvalue weighted by molar-refractivity contribution is 9.09. The molecule has 0 bridgehead atoms. The van der Waals surface area contributed by atoms with Crippen molar-refractivity contribution < 1.29 is 9.34 Å². The van der Waals surface area contributed by atoms with E-state index in [9.17, 15) is 10.1 Å². The summed E-state index contributed by atoms with van der Waals surface area (Å²) >= 11 is 3.18. The summed E-state index contributed by atoms with van der Waals surface area (Å²) in [6.45, 7) is 0. The van der Waals surface area contributed by atoms with Gasteiger partial charge >= 0.3 is 5.88 Å². The zero-order chi connectivity index (χ0) is 8.97. The second-order valence-electron chi connectivity index (χ2n) is 1.99. The molecule has 0 atom stereocenters. The van der Waals surface area contributed by atoms with Crippen molar-refractivity contribution in [3.8, 4) is 0 Å². The molecule has 0 N–H and O–H groups in total. The first-order chi connectivity index (χ1) is 5.74. The Labute approximate surface area is 77.2 Å². The molecule has 0 radical (unpaired) electrons. The van der Waals surface area contributed by atoms with Crippen LogP contribution in [0.3, 0.4) is 0 Å². The second-order valence-corrected chi connectivity index (χ2v) is 2.64. The number of halogens is 1. The second kappa shape index (κ2) is 4.06. The minimum atomic E-state index is -0.564. The highest BCUT2D eigenvalue weighted by Gasteiger charge is 2.09. The standard InChI is InChI=1S/C7H6BrNO3/c8-5-1-2-6-3-4-7(12-6)9(10)11/h1-4H,5H2. The SMILES string of the molecule is O=[N+]([O-])c1ccc(C=CCBr)o1. The van der Waals surface area contributed by atoms with E-state index in [0.717, 1.165) is 0 Å². The summed E-state index contributed by atoms with van der Waals surface area (Å²) in [5.41, 5.74) is 0. The van der Waals surface area contributed by atoms with Crippen molar-refractivity contribution in [2.75, 3.05) is 5.33 Å². The first kappa shape index (κ1) is 8.99. The van der Waals surface area contributed by atoms with Gasteiger partial charge in [0.15, 0.2) is 0 Å². The van der Waals surface area contributed by atoms with Crippen LogP contribution >= 0.6 is 15.9 Å². The minimum Gasteiger partial charge on any atom is -0.401 e. The van der Waals surface area contributed by atoms with Gasteiger partial charge in [-0.05, 0) is 12.1 Å². The van der Waals surface area contributed by atoms with Gasteiger partial charge in [-0.15, -0.1) is 0 Å². The molecule has 0 spiro atoms. The lowest BCUT2D eigenvalue weighted by Crippen LogP contribution is -1.82. The fourth-order valence-electron chi connectivity index (χ4n) is 0.691. The van der Waals surface area contributed by atoms with Crippen LogP contribution in [0.5, 0.6) is 0 Å². The van der Waals surface area contributed by atoms with Crippen LogP contribution in [-0.2, 0) is 0 Å². The van der Waals surface area contributed by atoms with Gasteiger partial charge in [-0.1, -0.05) is 22.0 Å². The maximum atomic E-state index is 10.2. The molecule has 1 aromatic rings. The Kier molecular flexibility index (Phi) is 3.04. The van der Waals surface area contributed by atoms with Crippen molar-refractivity contribution in [1.82, 2.24) is 0 Å². The maximum absolute atomic E-state index is 10.2. The Bertz CT molecular complexity index is 305. The van der Waals surface area contributed by atoms with Gasteiger partial charge in [0.2, 0.25) is 0 Å². The molecule has 64 valence electrons. The monoisotopic (exact) mass is 231 g/mol. The number of hydrogen-bond acceptors (Lipinski definition) is 3. The summed E-state index contributed by atoms with van der Waals surface area (Å²) < 4.78 is 4.84. The molecule has 0 saturated carbocycles. The van der Waals surface area contributed by atoms with Crippen LogP contribution in [0.1, 0.15) is 5.76 Å². The molecule has 0 unspecified atom stereocenters. The number of nitrogens with zero attached hydrogens (tertiary/aromatic N) is 1. The molecule has 1 rings (SSSR count). The average molecular weight is 232 g/mol. The first-order valence-electron chi connectivity index (χ1n) is 3.21. The van der Waals surface area contributed by atoms with E-state index in [1.165, 1.54) is 6.07 Å². The van der Waals surface area contributed by atoms with Crippen LogP contribution in [0.15, 0.2) is 22.6 Å². The highest BCUT2D eigenvalue weighted by atomic mass is 79.9. The van der Waals surface area contributed by atoms with E-state index < -0.39 is 4.92 Å². The fraction of sp³-hybridized carbons (Fsp3) is 0.143. The van der Waals surface area contributed by atoms with Crippen LogP contribution in [0.25, 0.3) is 6.08 Å². The summed E-state index contributed by atoms with van der Waals surface area (Å²) in [6.07, 6.45) is 3.46. The Morgan fingerprint density at radius 2 is 2.42 bits per heavy atom. The molecular formula is C7H6BrNO3. The Morgan fingerprint density at radius 3 is 2.92 bits per heavy atom. The van der Waals surface area contributed by atoms with Crippen molar-refractivity contribution in [2.45, 2.75) is 0 Å². The number of allylic oxidation sites excluding steroid dienone is 1. The minimum absolute atomic E-state index is 0.232. The van der Waals surface area contributed by atoms with Crippen LogP contribution < -0.4 is 0 Å². The van der Waals surface area contributed by atoms with Gasteiger partial charge in [0.1, 0.15) is 10.7 Å². The summed E-state index contributed by atoms with van der Waals surface area (Å²) in [4.78, 5) is 9.60. The summed E-state index contributed by atoms with van der Waals surface area (Å²) in [7, 11) is 0. The number of nitro groups is 1. The molecule has 0 fully saturated rings. The van der Waals surface area contributed by atoms with Gasteiger partial charge in [0, 0.05) is 5.33 Å². The van der Waals surface area contributed by atoms with Crippen LogP contribution in [-0.4, -0.2) is 10.3 Å². The molecule has 0 aliphatic rings. The maximum Gasteiger partial charge on any atom is 0.433 e. The Balaban J connectivity index is 2.77. The Morgan fingerprint density at radius 1 is 1.67 bits per heavy atom. The van der Waals surface area contributed by atoms with Gasteiger partial charge in [0.05, 0.1) is 6.07 Å². The number of rotatable bonds is 3. The average Bonchev–Trinajstić information content (AvgIpc) is 2.48. The Hall–Kier alpha value is -1.10. The third-order valence-corrected chi connectivity index (χ3v) is 1.54. The molecule has 0 aliphatic carbocycles. The topological polar surface area (TPSA) is 56.3 Å². The highest BCUT2D eigenvalue weighted by Crippen LogP contribution is 2.16. The molecule has 1 heterocycles. The van der Waals surface area contributed by atoms with Gasteiger partial charge in [-0.25, -0.2) is 0 Å². The van der Waals surface area contributed by atoms with Crippen molar-refractivity contribution in [2.24, 2.45) is 0 Å². The zero-order valence-electron chi connectivity index (χ0n) is 6.07. The molecule has 0 amide bonds. The first-order valence-corrected chi connectivity index (χ1v) is 4.33. The molecule has 0 aliphatic heterocycles. The fourth-order valence-corrected chi connectivity index (χ4v) is 0.878. The van der Waals surface area contributed by atoms with E-state index in [-0.39, 0.29) is 5.88 Å². The van der Waals surface area contributed by atoms with E-state index in [0.29, 0.717) is 11.1 Å². The molecule has 0 saturated heterocycles. The third-order valence-electron chi connectivity index (χ3n) is 1.16. The number of hydrogen-bond donors (Lipinski definition) is 0. The van der Waals surface area contributed by atoms with Gasteiger partial charge in [-0.2, -0.15) is 0 Å². The molecule has 4 nitrogen and oxygen atoms in total. The van der Waals surface area contributed by atoms with Crippen LogP contribution in [0.4, 0.5) is 5.88 Å². The molecule has 1 aromatic heterocycles. The summed E-state index contributed by atoms with van der Waals surface area (Å²) in [5, 5.41) is 10.9. The quantitative estimate of drug-likeness (QED) is 0.457. The lowest BCUT2D eigenvalue weighted by Gasteiger charge is -1.82. The van der Waals surface area contributed by atoms with Gasteiger partial charge in [0.25, 0.3) is 0 Å². The normalized spacial score (nSPS) is 10.8. The van der Waals surface area contributed by atoms with E-state index in [4.69, 9.17) is 4.42 Å². The van der Waals surface area contributed by atoms with Gasteiger partial charge in [-0.3, -0.25) is 10.1 Å².